The number of amides is 1. The van der Waals surface area contributed by atoms with E-state index in [-0.39, 0.29) is 5.91 Å². The van der Waals surface area contributed by atoms with Crippen molar-refractivity contribution in [3.05, 3.63) is 65.2 Å². The Morgan fingerprint density at radius 3 is 2.48 bits per heavy atom. The highest BCUT2D eigenvalue weighted by atomic mass is 19.4. The number of hydrogen-bond donors (Lipinski definition) is 1. The van der Waals surface area contributed by atoms with Crippen LogP contribution in [0.5, 0.6) is 5.75 Å². The third-order valence-corrected chi connectivity index (χ3v) is 3.39. The first kappa shape index (κ1) is 16.9. The van der Waals surface area contributed by atoms with Gasteiger partial charge in [0.25, 0.3) is 5.91 Å². The van der Waals surface area contributed by atoms with Crippen molar-refractivity contribution >= 4 is 5.91 Å². The Bertz CT molecular complexity index is 698. The zero-order valence-electron chi connectivity index (χ0n) is 12.6. The molecule has 23 heavy (non-hydrogen) atoms. The summed E-state index contributed by atoms with van der Waals surface area (Å²) in [6, 6.07) is 10.9. The Morgan fingerprint density at radius 2 is 1.83 bits per heavy atom. The van der Waals surface area contributed by atoms with E-state index in [0.717, 1.165) is 12.1 Å². The molecule has 0 aromatic heterocycles. The predicted molar refractivity (Wildman–Crippen MR) is 80.3 cm³/mol. The molecule has 0 spiro atoms. The standard InChI is InChI=1S/C17H16F3NO2/c1-11(12-5-3-7-14(9-12)17(18,19)20)21-16(22)13-6-4-8-15(10-13)23-2/h3-11H,1-2H3,(H,21,22). The smallest absolute Gasteiger partial charge is 0.416 e. The molecule has 3 nitrogen and oxygen atoms in total. The molecule has 0 fully saturated rings. The van der Waals surface area contributed by atoms with Gasteiger partial charge in [-0.3, -0.25) is 4.79 Å². The highest BCUT2D eigenvalue weighted by Crippen LogP contribution is 2.30. The molecule has 1 amide bonds. The molecule has 122 valence electrons. The molecular formula is C17H16F3NO2. The van der Waals surface area contributed by atoms with Gasteiger partial charge in [-0.2, -0.15) is 13.2 Å². The SMILES string of the molecule is COc1cccc(C(=O)NC(C)c2cccc(C(F)(F)F)c2)c1. The van der Waals surface area contributed by atoms with Crippen LogP contribution in [0, 0.1) is 0 Å². The van der Waals surface area contributed by atoms with Crippen LogP contribution in [0.1, 0.15) is 34.5 Å². The van der Waals surface area contributed by atoms with Crippen molar-refractivity contribution < 1.29 is 22.7 Å². The van der Waals surface area contributed by atoms with Crippen LogP contribution in [0.4, 0.5) is 13.2 Å². The van der Waals surface area contributed by atoms with E-state index in [4.69, 9.17) is 4.74 Å². The lowest BCUT2D eigenvalue weighted by molar-refractivity contribution is -0.137. The molecule has 1 N–H and O–H groups in total. The summed E-state index contributed by atoms with van der Waals surface area (Å²) < 4.78 is 43.3. The Kier molecular flexibility index (Phi) is 4.93. The molecule has 1 unspecified atom stereocenters. The molecule has 0 bridgehead atoms. The van der Waals surface area contributed by atoms with Crippen LogP contribution >= 0.6 is 0 Å². The lowest BCUT2D eigenvalue weighted by Gasteiger charge is -2.16. The van der Waals surface area contributed by atoms with E-state index in [2.05, 4.69) is 5.32 Å². The molecule has 2 rings (SSSR count). The van der Waals surface area contributed by atoms with Gasteiger partial charge in [0.15, 0.2) is 0 Å². The van der Waals surface area contributed by atoms with Gasteiger partial charge in [-0.05, 0) is 42.8 Å². The summed E-state index contributed by atoms with van der Waals surface area (Å²) >= 11 is 0. The molecule has 0 heterocycles. The third kappa shape index (κ3) is 4.25. The highest BCUT2D eigenvalue weighted by Gasteiger charge is 2.30. The Hall–Kier alpha value is -2.50. The van der Waals surface area contributed by atoms with Crippen LogP contribution in [0.15, 0.2) is 48.5 Å². The van der Waals surface area contributed by atoms with Crippen molar-refractivity contribution in [2.24, 2.45) is 0 Å². The van der Waals surface area contributed by atoms with Crippen LogP contribution in [-0.4, -0.2) is 13.0 Å². The minimum Gasteiger partial charge on any atom is -0.497 e. The molecule has 0 saturated heterocycles. The van der Waals surface area contributed by atoms with Gasteiger partial charge in [-0.15, -0.1) is 0 Å². The van der Waals surface area contributed by atoms with Gasteiger partial charge in [0.05, 0.1) is 18.7 Å². The fourth-order valence-electron chi connectivity index (χ4n) is 2.11. The number of carbonyl (C=O) groups is 1. The van der Waals surface area contributed by atoms with Gasteiger partial charge < -0.3 is 10.1 Å². The molecule has 0 aliphatic heterocycles. The van der Waals surface area contributed by atoms with Crippen LogP contribution in [0.25, 0.3) is 0 Å². The molecule has 0 radical (unpaired) electrons. The van der Waals surface area contributed by atoms with Crippen molar-refractivity contribution in [3.63, 3.8) is 0 Å². The minimum absolute atomic E-state index is 0.378. The molecule has 0 saturated carbocycles. The summed E-state index contributed by atoms with van der Waals surface area (Å²) in [6.07, 6.45) is -4.41. The van der Waals surface area contributed by atoms with Crippen LogP contribution < -0.4 is 10.1 Å². The summed E-state index contributed by atoms with van der Waals surface area (Å²) in [7, 11) is 1.49. The molecule has 0 aliphatic rings. The van der Waals surface area contributed by atoms with E-state index in [1.165, 1.54) is 13.2 Å². The van der Waals surface area contributed by atoms with E-state index in [9.17, 15) is 18.0 Å². The zero-order valence-corrected chi connectivity index (χ0v) is 12.6. The second kappa shape index (κ2) is 6.73. The monoisotopic (exact) mass is 323 g/mol. The summed E-state index contributed by atoms with van der Waals surface area (Å²) in [5.41, 5.74) is 0.0247. The van der Waals surface area contributed by atoms with Crippen molar-refractivity contribution in [1.82, 2.24) is 5.32 Å². The van der Waals surface area contributed by atoms with Gasteiger partial charge in [0, 0.05) is 5.56 Å². The Labute approximate surface area is 132 Å². The number of methoxy groups -OCH3 is 1. The summed E-state index contributed by atoms with van der Waals surface area (Å²) in [4.78, 5) is 12.2. The third-order valence-electron chi connectivity index (χ3n) is 3.39. The van der Waals surface area contributed by atoms with Gasteiger partial charge in [0.2, 0.25) is 0 Å². The molecule has 0 aliphatic carbocycles. The number of nitrogens with one attached hydrogen (secondary N) is 1. The molecule has 2 aromatic rings. The van der Waals surface area contributed by atoms with E-state index in [1.54, 1.807) is 37.3 Å². The number of halogens is 3. The lowest BCUT2D eigenvalue weighted by Crippen LogP contribution is -2.26. The number of hydrogen-bond acceptors (Lipinski definition) is 2. The van der Waals surface area contributed by atoms with Crippen LogP contribution in [0.3, 0.4) is 0 Å². The number of rotatable bonds is 4. The van der Waals surface area contributed by atoms with E-state index in [1.807, 2.05) is 0 Å². The van der Waals surface area contributed by atoms with Gasteiger partial charge in [-0.1, -0.05) is 18.2 Å². The fourth-order valence-corrected chi connectivity index (χ4v) is 2.11. The first-order chi connectivity index (χ1) is 10.8. The zero-order chi connectivity index (χ0) is 17.0. The number of ether oxygens (including phenoxy) is 1. The molecular weight excluding hydrogens is 307 g/mol. The highest BCUT2D eigenvalue weighted by molar-refractivity contribution is 5.94. The average Bonchev–Trinajstić information content (AvgIpc) is 2.54. The predicted octanol–water partition coefficient (Wildman–Crippen LogP) is 4.21. The van der Waals surface area contributed by atoms with Crippen molar-refractivity contribution in [2.45, 2.75) is 19.1 Å². The second-order valence-electron chi connectivity index (χ2n) is 5.05. The van der Waals surface area contributed by atoms with Gasteiger partial charge in [-0.25, -0.2) is 0 Å². The number of alkyl halides is 3. The molecule has 2 aromatic carbocycles. The number of carbonyl (C=O) groups excluding carboxylic acids is 1. The quantitative estimate of drug-likeness (QED) is 0.915. The van der Waals surface area contributed by atoms with E-state index < -0.39 is 17.8 Å². The summed E-state index contributed by atoms with van der Waals surface area (Å²) in [5, 5.41) is 2.68. The van der Waals surface area contributed by atoms with Crippen molar-refractivity contribution in [1.29, 1.82) is 0 Å². The largest absolute Gasteiger partial charge is 0.497 e. The van der Waals surface area contributed by atoms with Crippen molar-refractivity contribution in [3.8, 4) is 5.75 Å². The lowest BCUT2D eigenvalue weighted by atomic mass is 10.0. The topological polar surface area (TPSA) is 38.3 Å². The first-order valence-electron chi connectivity index (χ1n) is 6.93. The summed E-state index contributed by atoms with van der Waals surface area (Å²) in [5.74, 6) is 0.151. The van der Waals surface area contributed by atoms with Crippen molar-refractivity contribution in [2.75, 3.05) is 7.11 Å². The number of benzene rings is 2. The molecule has 1 atom stereocenters. The maximum absolute atomic E-state index is 12.7. The van der Waals surface area contributed by atoms with E-state index >= 15 is 0 Å². The first-order valence-corrected chi connectivity index (χ1v) is 6.93. The van der Waals surface area contributed by atoms with Gasteiger partial charge >= 0.3 is 6.18 Å². The Morgan fingerprint density at radius 1 is 1.13 bits per heavy atom. The summed E-state index contributed by atoms with van der Waals surface area (Å²) in [6.45, 7) is 1.63. The van der Waals surface area contributed by atoms with Gasteiger partial charge in [0.1, 0.15) is 5.75 Å². The maximum Gasteiger partial charge on any atom is 0.416 e. The van der Waals surface area contributed by atoms with Crippen LogP contribution in [-0.2, 0) is 6.18 Å². The van der Waals surface area contributed by atoms with E-state index in [0.29, 0.717) is 16.9 Å². The minimum atomic E-state index is -4.41. The average molecular weight is 323 g/mol. The second-order valence-corrected chi connectivity index (χ2v) is 5.05. The van der Waals surface area contributed by atoms with Crippen LogP contribution in [0.2, 0.25) is 0 Å². The normalized spacial score (nSPS) is 12.6. The maximum atomic E-state index is 12.7. The fraction of sp³-hybridized carbons (Fsp3) is 0.235. The molecule has 6 heteroatoms. The Balaban J connectivity index is 2.15.